The summed E-state index contributed by atoms with van der Waals surface area (Å²) in [7, 11) is -3.75. The molecule has 0 saturated carbocycles. The van der Waals surface area contributed by atoms with Crippen LogP contribution < -0.4 is 0 Å². The minimum absolute atomic E-state index is 0.132. The smallest absolute Gasteiger partial charge is 0.248 e. The maximum Gasteiger partial charge on any atom is 0.248 e. The zero-order chi connectivity index (χ0) is 20.6. The lowest BCUT2D eigenvalue weighted by molar-refractivity contribution is 0.135. The van der Waals surface area contributed by atoms with Crippen LogP contribution in [0.4, 0.5) is 0 Å². The molecule has 0 amide bonds. The van der Waals surface area contributed by atoms with Crippen molar-refractivity contribution in [2.24, 2.45) is 0 Å². The van der Waals surface area contributed by atoms with Crippen molar-refractivity contribution in [1.29, 1.82) is 0 Å². The summed E-state index contributed by atoms with van der Waals surface area (Å²) < 4.78 is 45.5. The minimum atomic E-state index is -3.75. The Bertz CT molecular complexity index is 1080. The molecule has 4 rings (SSSR count). The molecule has 0 spiro atoms. The second-order valence-corrected chi connectivity index (χ2v) is 8.68. The molecule has 0 N–H and O–H groups in total. The molecule has 0 bridgehead atoms. The summed E-state index contributed by atoms with van der Waals surface area (Å²) in [6, 6.07) is 0. The van der Waals surface area contributed by atoms with Gasteiger partial charge in [-0.05, 0) is 20.8 Å². The average molecular weight is 421 g/mol. The summed E-state index contributed by atoms with van der Waals surface area (Å²) in [6.45, 7) is 7.46. The molecule has 0 aromatic carbocycles. The molecule has 3 aromatic heterocycles. The molecule has 0 atom stereocenters. The monoisotopic (exact) mass is 421 g/mol. The van der Waals surface area contributed by atoms with Gasteiger partial charge in [0.1, 0.15) is 28.2 Å². The van der Waals surface area contributed by atoms with E-state index in [2.05, 4.69) is 15.2 Å². The van der Waals surface area contributed by atoms with Gasteiger partial charge in [-0.25, -0.2) is 13.4 Å². The molecule has 29 heavy (non-hydrogen) atoms. The normalized spacial score (nSPS) is 15.0. The Labute approximate surface area is 168 Å². The second-order valence-electron chi connectivity index (χ2n) is 6.81. The van der Waals surface area contributed by atoms with E-state index in [9.17, 15) is 8.42 Å². The predicted octanol–water partition coefficient (Wildman–Crippen LogP) is 1.93. The van der Waals surface area contributed by atoms with Crippen molar-refractivity contribution in [2.75, 3.05) is 19.8 Å². The van der Waals surface area contributed by atoms with Crippen molar-refractivity contribution in [3.63, 3.8) is 0 Å². The fourth-order valence-electron chi connectivity index (χ4n) is 3.66. The predicted molar refractivity (Wildman–Crippen MR) is 101 cm³/mol. The fraction of sp³-hybridized carbons (Fsp3) is 0.500. The molecule has 0 fully saturated rings. The molecule has 0 saturated heterocycles. The maximum atomic E-state index is 13.3. The highest BCUT2D eigenvalue weighted by Gasteiger charge is 2.36. The van der Waals surface area contributed by atoms with E-state index < -0.39 is 10.0 Å². The van der Waals surface area contributed by atoms with E-state index in [-0.39, 0.29) is 17.2 Å². The van der Waals surface area contributed by atoms with Crippen molar-refractivity contribution >= 4 is 10.0 Å². The molecule has 3 aromatic rings. The highest BCUT2D eigenvalue weighted by molar-refractivity contribution is 7.89. The molecule has 10 nitrogen and oxygen atoms in total. The molecule has 0 unspecified atom stereocenters. The molecule has 156 valence electrons. The lowest BCUT2D eigenvalue weighted by Crippen LogP contribution is -2.37. The SMILES string of the molecule is CCOCCn1nc(-c2cocn2)c2c1CCN(S(=O)(=O)c1c(C)noc1C)C2. The number of aromatic nitrogens is 4. The Morgan fingerprint density at radius 3 is 2.79 bits per heavy atom. The first-order chi connectivity index (χ1) is 13.9. The molecule has 1 aliphatic rings. The number of ether oxygens (including phenoxy) is 1. The molecular formula is C18H23N5O5S. The van der Waals surface area contributed by atoms with Crippen LogP contribution in [0.5, 0.6) is 0 Å². The van der Waals surface area contributed by atoms with Gasteiger partial charge in [0.05, 0.1) is 13.2 Å². The van der Waals surface area contributed by atoms with Crippen LogP contribution in [-0.4, -0.2) is 52.4 Å². The quantitative estimate of drug-likeness (QED) is 0.531. The zero-order valence-electron chi connectivity index (χ0n) is 16.6. The summed E-state index contributed by atoms with van der Waals surface area (Å²) in [6.07, 6.45) is 3.38. The molecule has 4 heterocycles. The van der Waals surface area contributed by atoms with Crippen LogP contribution in [0.1, 0.15) is 29.6 Å². The van der Waals surface area contributed by atoms with E-state index in [1.807, 2.05) is 11.6 Å². The molecular weight excluding hydrogens is 398 g/mol. The average Bonchev–Trinajstić information content (AvgIpc) is 3.41. The lowest BCUT2D eigenvalue weighted by Gasteiger charge is -2.27. The van der Waals surface area contributed by atoms with Crippen molar-refractivity contribution in [1.82, 2.24) is 24.2 Å². The van der Waals surface area contributed by atoms with Crippen LogP contribution in [0.15, 0.2) is 26.5 Å². The molecule has 0 aliphatic carbocycles. The van der Waals surface area contributed by atoms with Crippen LogP contribution in [0.25, 0.3) is 11.4 Å². The summed E-state index contributed by atoms with van der Waals surface area (Å²) in [5.41, 5.74) is 3.39. The first-order valence-electron chi connectivity index (χ1n) is 9.41. The van der Waals surface area contributed by atoms with Gasteiger partial charge < -0.3 is 13.7 Å². The van der Waals surface area contributed by atoms with Gasteiger partial charge >= 0.3 is 0 Å². The molecule has 0 radical (unpaired) electrons. The number of hydrogen-bond donors (Lipinski definition) is 0. The summed E-state index contributed by atoms with van der Waals surface area (Å²) in [4.78, 5) is 4.34. The Hall–Kier alpha value is -2.50. The largest absolute Gasteiger partial charge is 0.451 e. The Morgan fingerprint density at radius 2 is 2.14 bits per heavy atom. The van der Waals surface area contributed by atoms with Gasteiger partial charge in [0.2, 0.25) is 10.0 Å². The van der Waals surface area contributed by atoms with E-state index in [4.69, 9.17) is 13.7 Å². The van der Waals surface area contributed by atoms with Gasteiger partial charge in [-0.1, -0.05) is 5.16 Å². The third kappa shape index (κ3) is 3.49. The number of aryl methyl sites for hydroxylation is 2. The van der Waals surface area contributed by atoms with E-state index in [0.29, 0.717) is 49.8 Å². The number of hydrogen-bond acceptors (Lipinski definition) is 8. The van der Waals surface area contributed by atoms with Crippen molar-refractivity contribution < 1.29 is 22.1 Å². The summed E-state index contributed by atoms with van der Waals surface area (Å²) in [5, 5.41) is 8.47. The first-order valence-corrected chi connectivity index (χ1v) is 10.8. The number of fused-ring (bicyclic) bond motifs is 1. The molecule has 1 aliphatic heterocycles. The minimum Gasteiger partial charge on any atom is -0.451 e. The van der Waals surface area contributed by atoms with Gasteiger partial charge in [-0.15, -0.1) is 0 Å². The van der Waals surface area contributed by atoms with E-state index >= 15 is 0 Å². The number of nitrogens with zero attached hydrogens (tertiary/aromatic N) is 5. The van der Waals surface area contributed by atoms with Crippen LogP contribution in [0, 0.1) is 13.8 Å². The zero-order valence-corrected chi connectivity index (χ0v) is 17.4. The van der Waals surface area contributed by atoms with Gasteiger partial charge in [0.25, 0.3) is 0 Å². The highest BCUT2D eigenvalue weighted by Crippen LogP contribution is 2.33. The summed E-state index contributed by atoms with van der Waals surface area (Å²) >= 11 is 0. The van der Waals surface area contributed by atoms with E-state index in [0.717, 1.165) is 11.3 Å². The van der Waals surface area contributed by atoms with Crippen LogP contribution in [-0.2, 0) is 34.3 Å². The van der Waals surface area contributed by atoms with Crippen molar-refractivity contribution in [3.05, 3.63) is 35.4 Å². The van der Waals surface area contributed by atoms with Gasteiger partial charge in [0.15, 0.2) is 12.2 Å². The topological polar surface area (TPSA) is 116 Å². The Balaban J connectivity index is 1.71. The second kappa shape index (κ2) is 7.73. The van der Waals surface area contributed by atoms with Gasteiger partial charge in [-0.3, -0.25) is 4.68 Å². The maximum absolute atomic E-state index is 13.3. The number of oxazole rings is 1. The lowest BCUT2D eigenvalue weighted by atomic mass is 10.1. The number of rotatable bonds is 7. The third-order valence-electron chi connectivity index (χ3n) is 4.99. The van der Waals surface area contributed by atoms with Gasteiger partial charge in [-0.2, -0.15) is 9.40 Å². The van der Waals surface area contributed by atoms with Crippen LogP contribution >= 0.6 is 0 Å². The van der Waals surface area contributed by atoms with E-state index in [1.54, 1.807) is 13.8 Å². The molecule has 11 heteroatoms. The standard InChI is InChI=1S/C18H23N5O5S/c1-4-26-8-7-23-16-5-6-22(29(24,25)18-12(2)21-28-13(18)3)9-14(16)17(20-23)15-10-27-11-19-15/h10-11H,4-9H2,1-3H3. The fourth-order valence-corrected chi connectivity index (χ4v) is 5.36. The highest BCUT2D eigenvalue weighted by atomic mass is 32.2. The number of sulfonamides is 1. The van der Waals surface area contributed by atoms with Crippen molar-refractivity contribution in [2.45, 2.75) is 45.2 Å². The van der Waals surface area contributed by atoms with E-state index in [1.165, 1.54) is 17.0 Å². The van der Waals surface area contributed by atoms with Crippen molar-refractivity contribution in [3.8, 4) is 11.4 Å². The third-order valence-corrected chi connectivity index (χ3v) is 7.08. The Kier molecular flexibility index (Phi) is 5.28. The van der Waals surface area contributed by atoms with Gasteiger partial charge in [0, 0.05) is 37.4 Å². The van der Waals surface area contributed by atoms with Crippen LogP contribution in [0.2, 0.25) is 0 Å². The Morgan fingerprint density at radius 1 is 1.31 bits per heavy atom. The first kappa shape index (κ1) is 19.8. The van der Waals surface area contributed by atoms with Crippen LogP contribution in [0.3, 0.4) is 0 Å². The summed E-state index contributed by atoms with van der Waals surface area (Å²) in [5.74, 6) is 0.289.